The van der Waals surface area contributed by atoms with Crippen LogP contribution in [0.1, 0.15) is 8.35 Å². The van der Waals surface area contributed by atoms with Crippen LogP contribution in [-0.2, 0) is 0 Å². The molecule has 0 aromatic heterocycles. The Bertz CT molecular complexity index is 9.61. The van der Waals surface area contributed by atoms with Crippen LogP contribution < -0.4 is 18.9 Å². The predicted molar refractivity (Wildman–Crippen MR) is 21.5 cm³/mol. The van der Waals surface area contributed by atoms with Crippen LogP contribution in [0.4, 0.5) is 0 Å². The molecule has 0 unspecified atom stereocenters. The van der Waals surface area contributed by atoms with Crippen LogP contribution in [0.3, 0.4) is 0 Å². The Labute approximate surface area is 44.1 Å². The minimum Gasteiger partial charge on any atom is -1.00 e. The Kier molecular flexibility index (Phi) is 20.3. The maximum atomic E-state index is 2.19. The summed E-state index contributed by atoms with van der Waals surface area (Å²) in [6, 6.07) is 1.39. The van der Waals surface area contributed by atoms with Gasteiger partial charge >= 0.3 is 18.9 Å². The molecule has 0 aromatic rings. The van der Waals surface area contributed by atoms with Gasteiger partial charge in [0.2, 0.25) is 0 Å². The van der Waals surface area contributed by atoms with Crippen molar-refractivity contribution in [3.05, 3.63) is 0 Å². The van der Waals surface area contributed by atoms with Gasteiger partial charge < -0.3 is 1.43 Å². The first-order chi connectivity index (χ1) is 1.41. The Balaban J connectivity index is -0.0000000200. The van der Waals surface area contributed by atoms with Gasteiger partial charge in [-0.05, 0) is 0 Å². The molecule has 0 atom stereocenters. The second-order valence-electron chi connectivity index (χ2n) is 0.707. The molecule has 4 heavy (non-hydrogen) atoms. The van der Waals surface area contributed by atoms with Crippen LogP contribution >= 0.6 is 0 Å². The first-order valence-corrected chi connectivity index (χ1v) is 2.83. The standard InChI is InChI=1S/C2H8Si.Li.H/c1-2-3;;/h2H2,1,3H3;;/q;+1;-1. The molecule has 0 amide bonds. The molecule has 0 aliphatic carbocycles. The largest absolute Gasteiger partial charge is 1.00 e. The van der Waals surface area contributed by atoms with E-state index in [-0.39, 0.29) is 20.3 Å². The summed E-state index contributed by atoms with van der Waals surface area (Å²) in [5.41, 5.74) is 0. The zero-order valence-electron chi connectivity index (χ0n) is 4.71. The molecule has 0 bridgehead atoms. The van der Waals surface area contributed by atoms with Gasteiger partial charge in [-0.25, -0.2) is 0 Å². The fourth-order valence-corrected chi connectivity index (χ4v) is 0. The zero-order valence-corrected chi connectivity index (χ0v) is 5.71. The molecule has 0 rings (SSSR count). The number of hydrogen-bond acceptors (Lipinski definition) is 0. The molecule has 0 nitrogen and oxygen atoms in total. The minimum atomic E-state index is 0. The second-order valence-corrected chi connectivity index (χ2v) is 2.12. The van der Waals surface area contributed by atoms with Crippen molar-refractivity contribution in [3.8, 4) is 0 Å². The van der Waals surface area contributed by atoms with E-state index in [1.165, 1.54) is 16.3 Å². The van der Waals surface area contributed by atoms with Gasteiger partial charge in [0.25, 0.3) is 0 Å². The summed E-state index contributed by atoms with van der Waals surface area (Å²) in [5.74, 6) is 0. The molecule has 0 spiro atoms. The maximum absolute atomic E-state index is 2.19. The molecule has 0 radical (unpaired) electrons. The van der Waals surface area contributed by atoms with Gasteiger partial charge in [-0.1, -0.05) is 13.0 Å². The van der Waals surface area contributed by atoms with E-state index < -0.39 is 0 Å². The Morgan fingerprint density at radius 1 is 2.00 bits per heavy atom. The Morgan fingerprint density at radius 3 is 2.00 bits per heavy atom. The van der Waals surface area contributed by atoms with Crippen molar-refractivity contribution in [2.45, 2.75) is 13.0 Å². The van der Waals surface area contributed by atoms with Crippen LogP contribution in [0.25, 0.3) is 0 Å². The van der Waals surface area contributed by atoms with Crippen LogP contribution in [0, 0.1) is 0 Å². The number of hydrogen-bond donors (Lipinski definition) is 0. The fourth-order valence-electron chi connectivity index (χ4n) is 0. The summed E-state index contributed by atoms with van der Waals surface area (Å²) in [4.78, 5) is 0. The van der Waals surface area contributed by atoms with E-state index in [0.717, 1.165) is 0 Å². The van der Waals surface area contributed by atoms with E-state index in [1.807, 2.05) is 0 Å². The van der Waals surface area contributed by atoms with Crippen molar-refractivity contribution >= 4 is 10.2 Å². The van der Waals surface area contributed by atoms with Gasteiger partial charge in [0.05, 0.1) is 0 Å². The molecule has 0 aliphatic rings. The third-order valence-electron chi connectivity index (χ3n) is 0. The summed E-state index contributed by atoms with van der Waals surface area (Å²) in [5, 5.41) is 0. The molecular formula is C2H9LiSi. The van der Waals surface area contributed by atoms with E-state index in [2.05, 4.69) is 6.92 Å². The molecule has 0 saturated heterocycles. The van der Waals surface area contributed by atoms with Crippen LogP contribution in [0.2, 0.25) is 6.04 Å². The van der Waals surface area contributed by atoms with Gasteiger partial charge in [0.1, 0.15) is 0 Å². The van der Waals surface area contributed by atoms with Crippen molar-refractivity contribution in [1.82, 2.24) is 0 Å². The monoisotopic (exact) mass is 68.1 g/mol. The van der Waals surface area contributed by atoms with Crippen molar-refractivity contribution in [2.24, 2.45) is 0 Å². The van der Waals surface area contributed by atoms with Crippen molar-refractivity contribution in [1.29, 1.82) is 0 Å². The van der Waals surface area contributed by atoms with Gasteiger partial charge in [-0.15, -0.1) is 0 Å². The maximum Gasteiger partial charge on any atom is 1.00 e. The zero-order chi connectivity index (χ0) is 2.71. The third kappa shape index (κ3) is 14.0. The molecule has 2 heteroatoms. The molecule has 0 N–H and O–H groups in total. The van der Waals surface area contributed by atoms with Crippen LogP contribution in [-0.4, -0.2) is 10.2 Å². The summed E-state index contributed by atoms with van der Waals surface area (Å²) < 4.78 is 0. The molecule has 0 heterocycles. The van der Waals surface area contributed by atoms with Crippen LogP contribution in [0.15, 0.2) is 0 Å². The summed E-state index contributed by atoms with van der Waals surface area (Å²) in [6.45, 7) is 2.19. The average molecular weight is 68.1 g/mol. The van der Waals surface area contributed by atoms with Crippen LogP contribution in [0.5, 0.6) is 0 Å². The van der Waals surface area contributed by atoms with Gasteiger partial charge in [0.15, 0.2) is 0 Å². The Morgan fingerprint density at radius 2 is 2.00 bits per heavy atom. The van der Waals surface area contributed by atoms with E-state index in [4.69, 9.17) is 0 Å². The number of rotatable bonds is 0. The van der Waals surface area contributed by atoms with Gasteiger partial charge in [-0.2, -0.15) is 0 Å². The molecule has 22 valence electrons. The van der Waals surface area contributed by atoms with Gasteiger partial charge in [-0.3, -0.25) is 0 Å². The second kappa shape index (κ2) is 9.18. The summed E-state index contributed by atoms with van der Waals surface area (Å²) in [7, 11) is 1.37. The molecule has 0 aliphatic heterocycles. The minimum absolute atomic E-state index is 0. The smallest absolute Gasteiger partial charge is 1.00 e. The summed E-state index contributed by atoms with van der Waals surface area (Å²) >= 11 is 0. The topological polar surface area (TPSA) is 0 Å². The fraction of sp³-hybridized carbons (Fsp3) is 1.00. The molecule has 0 fully saturated rings. The third-order valence-corrected chi connectivity index (χ3v) is 0. The molecular weight excluding hydrogens is 59.0 g/mol. The van der Waals surface area contributed by atoms with Crippen molar-refractivity contribution < 1.29 is 20.3 Å². The average Bonchev–Trinajstić information content (AvgIpc) is 0.918. The molecule has 0 aromatic carbocycles. The van der Waals surface area contributed by atoms with E-state index in [1.54, 1.807) is 0 Å². The quantitative estimate of drug-likeness (QED) is 0.264. The van der Waals surface area contributed by atoms with E-state index in [0.29, 0.717) is 0 Å². The predicted octanol–water partition coefficient (Wildman–Crippen LogP) is -3.09. The van der Waals surface area contributed by atoms with Crippen molar-refractivity contribution in [2.75, 3.05) is 0 Å². The normalized spacial score (nSPS) is 5.25. The van der Waals surface area contributed by atoms with E-state index in [9.17, 15) is 0 Å². The van der Waals surface area contributed by atoms with Gasteiger partial charge in [0, 0.05) is 10.2 Å². The first kappa shape index (κ1) is 8.84. The Hall–Kier alpha value is 0.814. The SMILES string of the molecule is CC[SiH3].[H-].[Li+]. The first-order valence-electron chi connectivity index (χ1n) is 1.41. The van der Waals surface area contributed by atoms with Crippen molar-refractivity contribution in [3.63, 3.8) is 0 Å². The molecule has 0 saturated carbocycles. The van der Waals surface area contributed by atoms with E-state index >= 15 is 0 Å². The summed E-state index contributed by atoms with van der Waals surface area (Å²) in [6.07, 6.45) is 0.